The number of amides is 1. The monoisotopic (exact) mass is 293 g/mol. The molecular formula is C14H23N5O2. The summed E-state index contributed by atoms with van der Waals surface area (Å²) in [5.41, 5.74) is 5.99. The highest BCUT2D eigenvalue weighted by Gasteiger charge is 2.25. The number of carbonyl (C=O) groups is 1. The van der Waals surface area contributed by atoms with Crippen molar-refractivity contribution in [1.29, 1.82) is 0 Å². The summed E-state index contributed by atoms with van der Waals surface area (Å²) in [5.74, 6) is 0.732. The molecule has 0 atom stereocenters. The molecule has 0 aliphatic carbocycles. The van der Waals surface area contributed by atoms with Gasteiger partial charge in [-0.1, -0.05) is 0 Å². The van der Waals surface area contributed by atoms with Gasteiger partial charge in [-0.05, 0) is 27.2 Å². The van der Waals surface area contributed by atoms with Gasteiger partial charge in [-0.15, -0.1) is 0 Å². The Balaban J connectivity index is 1.99. The van der Waals surface area contributed by atoms with Gasteiger partial charge in [0.2, 0.25) is 0 Å². The van der Waals surface area contributed by atoms with Crippen LogP contribution in [0.5, 0.6) is 0 Å². The first kappa shape index (κ1) is 15.3. The number of hydrogen-bond acceptors (Lipinski definition) is 6. The Hall–Kier alpha value is -2.05. The second kappa shape index (κ2) is 6.15. The van der Waals surface area contributed by atoms with Gasteiger partial charge in [0, 0.05) is 26.2 Å². The smallest absolute Gasteiger partial charge is 0.410 e. The Morgan fingerprint density at radius 1 is 1.29 bits per heavy atom. The number of anilines is 2. The van der Waals surface area contributed by atoms with Gasteiger partial charge in [-0.3, -0.25) is 0 Å². The standard InChI is InChI=1S/C14H23N5O2/c1-14(2,3)21-13(20)19-6-4-5-18(7-8-19)12-11(15)9-16-10-17-12/h9-10H,4-8,15H2,1-3H3. The number of nitrogens with two attached hydrogens (primary N) is 1. The summed E-state index contributed by atoms with van der Waals surface area (Å²) in [6, 6.07) is 0. The molecule has 21 heavy (non-hydrogen) atoms. The molecule has 116 valence electrons. The van der Waals surface area contributed by atoms with Crippen molar-refractivity contribution in [2.45, 2.75) is 32.8 Å². The van der Waals surface area contributed by atoms with E-state index in [0.717, 1.165) is 18.8 Å². The SMILES string of the molecule is CC(C)(C)OC(=O)N1CCCN(c2ncncc2N)CC1. The van der Waals surface area contributed by atoms with Crippen LogP contribution in [0.25, 0.3) is 0 Å². The Kier molecular flexibility index (Phi) is 4.50. The van der Waals surface area contributed by atoms with E-state index in [1.807, 2.05) is 20.8 Å². The molecule has 0 saturated carbocycles. The Labute approximate surface area is 125 Å². The zero-order chi connectivity index (χ0) is 15.5. The first-order valence-electron chi connectivity index (χ1n) is 7.15. The minimum Gasteiger partial charge on any atom is -0.444 e. The van der Waals surface area contributed by atoms with Gasteiger partial charge in [0.1, 0.15) is 11.9 Å². The lowest BCUT2D eigenvalue weighted by Crippen LogP contribution is -2.39. The Morgan fingerprint density at radius 3 is 2.71 bits per heavy atom. The van der Waals surface area contributed by atoms with Crippen LogP contribution in [-0.4, -0.2) is 52.7 Å². The van der Waals surface area contributed by atoms with E-state index in [1.165, 1.54) is 6.33 Å². The van der Waals surface area contributed by atoms with Gasteiger partial charge in [0.15, 0.2) is 5.82 Å². The van der Waals surface area contributed by atoms with Crippen LogP contribution in [0, 0.1) is 0 Å². The zero-order valence-electron chi connectivity index (χ0n) is 12.9. The summed E-state index contributed by atoms with van der Waals surface area (Å²) in [6.45, 7) is 8.37. The van der Waals surface area contributed by atoms with Crippen LogP contribution in [0.4, 0.5) is 16.3 Å². The van der Waals surface area contributed by atoms with Crippen molar-refractivity contribution in [2.75, 3.05) is 36.8 Å². The van der Waals surface area contributed by atoms with Crippen molar-refractivity contribution in [3.8, 4) is 0 Å². The molecule has 0 spiro atoms. The highest BCUT2D eigenvalue weighted by Crippen LogP contribution is 2.20. The average Bonchev–Trinajstić information content (AvgIpc) is 2.63. The van der Waals surface area contributed by atoms with E-state index in [-0.39, 0.29) is 6.09 Å². The molecule has 2 rings (SSSR count). The quantitative estimate of drug-likeness (QED) is 0.844. The van der Waals surface area contributed by atoms with Gasteiger partial charge in [-0.25, -0.2) is 14.8 Å². The van der Waals surface area contributed by atoms with Gasteiger partial charge >= 0.3 is 6.09 Å². The van der Waals surface area contributed by atoms with E-state index in [0.29, 0.717) is 25.3 Å². The maximum Gasteiger partial charge on any atom is 0.410 e. The molecule has 0 aromatic carbocycles. The lowest BCUT2D eigenvalue weighted by atomic mass is 10.2. The fourth-order valence-corrected chi connectivity index (χ4v) is 2.24. The largest absolute Gasteiger partial charge is 0.444 e. The van der Waals surface area contributed by atoms with Gasteiger partial charge in [0.05, 0.1) is 11.9 Å². The molecule has 1 fully saturated rings. The van der Waals surface area contributed by atoms with E-state index < -0.39 is 5.60 Å². The summed E-state index contributed by atoms with van der Waals surface area (Å²) in [7, 11) is 0. The van der Waals surface area contributed by atoms with E-state index in [9.17, 15) is 4.79 Å². The van der Waals surface area contributed by atoms with Crippen LogP contribution in [0.2, 0.25) is 0 Å². The van der Waals surface area contributed by atoms with Crippen molar-refractivity contribution in [3.63, 3.8) is 0 Å². The third-order valence-electron chi connectivity index (χ3n) is 3.17. The summed E-state index contributed by atoms with van der Waals surface area (Å²) < 4.78 is 5.42. The van der Waals surface area contributed by atoms with E-state index >= 15 is 0 Å². The predicted octanol–water partition coefficient (Wildman–Crippen LogP) is 1.51. The van der Waals surface area contributed by atoms with E-state index in [1.54, 1.807) is 11.1 Å². The molecule has 1 aromatic rings. The highest BCUT2D eigenvalue weighted by atomic mass is 16.6. The lowest BCUT2D eigenvalue weighted by molar-refractivity contribution is 0.0263. The second-order valence-electron chi connectivity index (χ2n) is 6.11. The topological polar surface area (TPSA) is 84.6 Å². The van der Waals surface area contributed by atoms with Crippen LogP contribution in [0.3, 0.4) is 0 Å². The van der Waals surface area contributed by atoms with Crippen LogP contribution >= 0.6 is 0 Å². The average molecular weight is 293 g/mol. The predicted molar refractivity (Wildman–Crippen MR) is 81.1 cm³/mol. The molecule has 0 radical (unpaired) electrons. The number of nitrogens with zero attached hydrogens (tertiary/aromatic N) is 4. The van der Waals surface area contributed by atoms with Gasteiger partial charge in [0.25, 0.3) is 0 Å². The van der Waals surface area contributed by atoms with Gasteiger partial charge < -0.3 is 20.3 Å². The van der Waals surface area contributed by atoms with Crippen molar-refractivity contribution in [2.24, 2.45) is 0 Å². The molecule has 7 heteroatoms. The van der Waals surface area contributed by atoms with E-state index in [2.05, 4.69) is 14.9 Å². The minimum atomic E-state index is -0.472. The molecule has 0 bridgehead atoms. The van der Waals surface area contributed by atoms with Crippen molar-refractivity contribution in [3.05, 3.63) is 12.5 Å². The maximum absolute atomic E-state index is 12.1. The number of ether oxygens (including phenoxy) is 1. The lowest BCUT2D eigenvalue weighted by Gasteiger charge is -2.26. The van der Waals surface area contributed by atoms with Crippen LogP contribution in [0.15, 0.2) is 12.5 Å². The molecule has 7 nitrogen and oxygen atoms in total. The molecule has 1 aliphatic rings. The number of rotatable bonds is 1. The number of hydrogen-bond donors (Lipinski definition) is 1. The summed E-state index contributed by atoms with van der Waals surface area (Å²) in [4.78, 5) is 24.1. The fourth-order valence-electron chi connectivity index (χ4n) is 2.24. The normalized spacial score (nSPS) is 16.5. The van der Waals surface area contributed by atoms with Crippen LogP contribution in [0.1, 0.15) is 27.2 Å². The Morgan fingerprint density at radius 2 is 2.05 bits per heavy atom. The summed E-state index contributed by atoms with van der Waals surface area (Å²) >= 11 is 0. The second-order valence-corrected chi connectivity index (χ2v) is 6.11. The van der Waals surface area contributed by atoms with Crippen molar-refractivity contribution in [1.82, 2.24) is 14.9 Å². The van der Waals surface area contributed by atoms with E-state index in [4.69, 9.17) is 10.5 Å². The minimum absolute atomic E-state index is 0.264. The Bertz CT molecular complexity index is 500. The summed E-state index contributed by atoms with van der Waals surface area (Å²) in [6.07, 6.45) is 3.67. The molecule has 2 N–H and O–H groups in total. The third kappa shape index (κ3) is 4.21. The van der Waals surface area contributed by atoms with Gasteiger partial charge in [-0.2, -0.15) is 0 Å². The first-order valence-corrected chi connectivity index (χ1v) is 7.15. The molecule has 1 aromatic heterocycles. The number of carbonyl (C=O) groups excluding carboxylic acids is 1. The zero-order valence-corrected chi connectivity index (χ0v) is 12.9. The third-order valence-corrected chi connectivity index (χ3v) is 3.17. The summed E-state index contributed by atoms with van der Waals surface area (Å²) in [5, 5.41) is 0. The molecule has 1 aliphatic heterocycles. The molecule has 2 heterocycles. The highest BCUT2D eigenvalue weighted by molar-refractivity contribution is 5.68. The van der Waals surface area contributed by atoms with Crippen LogP contribution < -0.4 is 10.6 Å². The van der Waals surface area contributed by atoms with Crippen molar-refractivity contribution < 1.29 is 9.53 Å². The number of aromatic nitrogens is 2. The first-order chi connectivity index (χ1) is 9.87. The fraction of sp³-hybridized carbons (Fsp3) is 0.643. The molecule has 1 amide bonds. The van der Waals surface area contributed by atoms with Crippen molar-refractivity contribution >= 4 is 17.6 Å². The maximum atomic E-state index is 12.1. The van der Waals surface area contributed by atoms with Crippen LogP contribution in [-0.2, 0) is 4.74 Å². The molecule has 1 saturated heterocycles. The number of nitrogen functional groups attached to an aromatic ring is 1. The molecule has 0 unspecified atom stereocenters. The molecular weight excluding hydrogens is 270 g/mol.